The Morgan fingerprint density at radius 3 is 2.31 bits per heavy atom. The van der Waals surface area contributed by atoms with Gasteiger partial charge >= 0.3 is 0 Å². The smallest absolute Gasteiger partial charge is 0.119 e. The van der Waals surface area contributed by atoms with E-state index >= 15 is 0 Å². The molecule has 1 aliphatic carbocycles. The number of hydrogen-bond donors (Lipinski definition) is 0. The van der Waals surface area contributed by atoms with Crippen LogP contribution in [0.1, 0.15) is 24.0 Å². The van der Waals surface area contributed by atoms with E-state index in [0.717, 1.165) is 33.8 Å². The molecule has 1 aliphatic rings. The van der Waals surface area contributed by atoms with Crippen LogP contribution in [0.3, 0.4) is 0 Å². The lowest BCUT2D eigenvalue weighted by Crippen LogP contribution is -2.14. The van der Waals surface area contributed by atoms with Gasteiger partial charge in [0.2, 0.25) is 0 Å². The van der Waals surface area contributed by atoms with Crippen LogP contribution in [-0.4, -0.2) is 11.9 Å². The van der Waals surface area contributed by atoms with Crippen LogP contribution in [-0.2, 0) is 0 Å². The molecule has 1 aromatic rings. The van der Waals surface area contributed by atoms with E-state index in [-0.39, 0.29) is 0 Å². The topological polar surface area (TPSA) is 9.23 Å². The summed E-state index contributed by atoms with van der Waals surface area (Å²) in [4.78, 5) is 0. The monoisotopic (exact) mass is 302 g/mol. The van der Waals surface area contributed by atoms with Crippen LogP contribution in [0.5, 0.6) is 5.75 Å². The number of halogens is 2. The van der Waals surface area contributed by atoms with Gasteiger partial charge in [-0.2, -0.15) is 0 Å². The molecule has 0 saturated heterocycles. The number of hydrogen-bond acceptors (Lipinski definition) is 1. The van der Waals surface area contributed by atoms with Crippen molar-refractivity contribution in [1.82, 2.24) is 0 Å². The average Bonchev–Trinajstić information content (AvgIpc) is 3.03. The van der Waals surface area contributed by atoms with Gasteiger partial charge in [-0.15, -0.1) is 0 Å². The lowest BCUT2D eigenvalue weighted by atomic mass is 10.1. The lowest BCUT2D eigenvalue weighted by Gasteiger charge is -2.14. The van der Waals surface area contributed by atoms with E-state index in [9.17, 15) is 0 Å². The first-order valence-corrected chi connectivity index (χ1v) is 7.02. The van der Waals surface area contributed by atoms with Crippen molar-refractivity contribution in [2.24, 2.45) is 5.41 Å². The van der Waals surface area contributed by atoms with Gasteiger partial charge < -0.3 is 4.74 Å². The molecule has 0 radical (unpaired) electrons. The molecule has 0 aliphatic heterocycles. The van der Waals surface area contributed by atoms with Crippen LogP contribution < -0.4 is 4.74 Å². The zero-order valence-corrected chi connectivity index (χ0v) is 12.0. The van der Waals surface area contributed by atoms with Crippen LogP contribution in [0.25, 0.3) is 0 Å². The minimum absolute atomic E-state index is 0.390. The Morgan fingerprint density at radius 2 is 1.88 bits per heavy atom. The first-order chi connectivity index (χ1) is 7.56. The molecule has 0 bridgehead atoms. The van der Waals surface area contributed by atoms with Crippen molar-refractivity contribution >= 4 is 27.5 Å². The van der Waals surface area contributed by atoms with E-state index < -0.39 is 0 Å². The van der Waals surface area contributed by atoms with Crippen LogP contribution in [0.15, 0.2) is 12.1 Å². The van der Waals surface area contributed by atoms with Crippen molar-refractivity contribution in [1.29, 1.82) is 0 Å². The molecular weight excluding hydrogens is 287 g/mol. The SMILES string of the molecule is Cc1cc(OCC2(CBr)CC2)cc(C)c1Cl. The maximum Gasteiger partial charge on any atom is 0.119 e. The van der Waals surface area contributed by atoms with Gasteiger partial charge in [-0.05, 0) is 49.9 Å². The third-order valence-electron chi connectivity index (χ3n) is 3.20. The van der Waals surface area contributed by atoms with E-state index in [0.29, 0.717) is 5.41 Å². The quantitative estimate of drug-likeness (QED) is 0.744. The van der Waals surface area contributed by atoms with Crippen molar-refractivity contribution in [3.05, 3.63) is 28.3 Å². The molecule has 16 heavy (non-hydrogen) atoms. The fourth-order valence-corrected chi connectivity index (χ4v) is 2.55. The number of aryl methyl sites for hydroxylation is 2. The molecule has 1 saturated carbocycles. The zero-order valence-electron chi connectivity index (χ0n) is 9.65. The summed E-state index contributed by atoms with van der Waals surface area (Å²) in [6.07, 6.45) is 2.54. The fraction of sp³-hybridized carbons (Fsp3) is 0.538. The Morgan fingerprint density at radius 1 is 1.31 bits per heavy atom. The number of rotatable bonds is 4. The highest BCUT2D eigenvalue weighted by Crippen LogP contribution is 2.47. The highest BCUT2D eigenvalue weighted by atomic mass is 79.9. The van der Waals surface area contributed by atoms with E-state index in [1.807, 2.05) is 26.0 Å². The van der Waals surface area contributed by atoms with E-state index in [1.165, 1.54) is 12.8 Å². The zero-order chi connectivity index (χ0) is 11.8. The van der Waals surface area contributed by atoms with Crippen molar-refractivity contribution in [3.8, 4) is 5.75 Å². The highest BCUT2D eigenvalue weighted by Gasteiger charge is 2.42. The maximum absolute atomic E-state index is 6.12. The Bertz CT molecular complexity index is 376. The van der Waals surface area contributed by atoms with Crippen molar-refractivity contribution in [2.75, 3.05) is 11.9 Å². The molecule has 0 N–H and O–H groups in total. The van der Waals surface area contributed by atoms with Gasteiger partial charge in [0.1, 0.15) is 5.75 Å². The molecule has 0 spiro atoms. The Labute approximate surface area is 110 Å². The first kappa shape index (κ1) is 12.3. The van der Waals surface area contributed by atoms with Gasteiger partial charge in [-0.1, -0.05) is 27.5 Å². The molecule has 2 rings (SSSR count). The van der Waals surface area contributed by atoms with Crippen LogP contribution >= 0.6 is 27.5 Å². The molecule has 0 unspecified atom stereocenters. The van der Waals surface area contributed by atoms with Gasteiger partial charge in [0.05, 0.1) is 6.61 Å². The fourth-order valence-electron chi connectivity index (χ4n) is 1.72. The molecule has 3 heteroatoms. The normalized spacial score (nSPS) is 17.2. The molecule has 0 amide bonds. The third kappa shape index (κ3) is 2.54. The standard InChI is InChI=1S/C13H16BrClO/c1-9-5-11(6-10(2)12(9)15)16-8-13(7-14)3-4-13/h5-6H,3-4,7-8H2,1-2H3. The molecule has 0 heterocycles. The number of ether oxygens (including phenoxy) is 1. The molecule has 1 nitrogen and oxygen atoms in total. The van der Waals surface area contributed by atoms with Gasteiger partial charge in [0.15, 0.2) is 0 Å². The molecule has 1 aromatic carbocycles. The summed E-state index contributed by atoms with van der Waals surface area (Å²) in [6.45, 7) is 4.83. The Kier molecular flexibility index (Phi) is 3.50. The lowest BCUT2D eigenvalue weighted by molar-refractivity contribution is 0.251. The van der Waals surface area contributed by atoms with Crippen LogP contribution in [0.4, 0.5) is 0 Å². The van der Waals surface area contributed by atoms with Crippen molar-refractivity contribution in [3.63, 3.8) is 0 Å². The van der Waals surface area contributed by atoms with Crippen molar-refractivity contribution in [2.45, 2.75) is 26.7 Å². The van der Waals surface area contributed by atoms with Crippen LogP contribution in [0, 0.1) is 19.3 Å². The molecule has 0 atom stereocenters. The van der Waals surface area contributed by atoms with Gasteiger partial charge in [-0.3, -0.25) is 0 Å². The Hall–Kier alpha value is -0.210. The average molecular weight is 304 g/mol. The summed E-state index contributed by atoms with van der Waals surface area (Å²) < 4.78 is 5.85. The van der Waals surface area contributed by atoms with Gasteiger partial charge in [0, 0.05) is 15.8 Å². The summed E-state index contributed by atoms with van der Waals surface area (Å²) >= 11 is 9.66. The molecular formula is C13H16BrClO. The van der Waals surface area contributed by atoms with Gasteiger partial charge in [0.25, 0.3) is 0 Å². The van der Waals surface area contributed by atoms with E-state index in [4.69, 9.17) is 16.3 Å². The summed E-state index contributed by atoms with van der Waals surface area (Å²) in [6, 6.07) is 4.03. The molecule has 88 valence electrons. The van der Waals surface area contributed by atoms with Gasteiger partial charge in [-0.25, -0.2) is 0 Å². The first-order valence-electron chi connectivity index (χ1n) is 5.52. The largest absolute Gasteiger partial charge is 0.493 e. The number of alkyl halides is 1. The second-order valence-electron chi connectivity index (χ2n) is 4.79. The minimum Gasteiger partial charge on any atom is -0.493 e. The predicted octanol–water partition coefficient (Wildman–Crippen LogP) is 4.51. The minimum atomic E-state index is 0.390. The summed E-state index contributed by atoms with van der Waals surface area (Å²) in [5.74, 6) is 0.937. The third-order valence-corrected chi connectivity index (χ3v) is 4.98. The maximum atomic E-state index is 6.12. The summed E-state index contributed by atoms with van der Waals surface area (Å²) in [5.41, 5.74) is 2.56. The molecule has 1 fully saturated rings. The Balaban J connectivity index is 2.05. The second-order valence-corrected chi connectivity index (χ2v) is 5.73. The predicted molar refractivity (Wildman–Crippen MR) is 71.9 cm³/mol. The highest BCUT2D eigenvalue weighted by molar-refractivity contribution is 9.09. The van der Waals surface area contributed by atoms with Crippen molar-refractivity contribution < 1.29 is 4.74 Å². The summed E-state index contributed by atoms with van der Waals surface area (Å²) in [5, 5.41) is 1.87. The van der Waals surface area contributed by atoms with E-state index in [1.54, 1.807) is 0 Å². The second kappa shape index (κ2) is 4.58. The van der Waals surface area contributed by atoms with Crippen LogP contribution in [0.2, 0.25) is 5.02 Å². The number of benzene rings is 1. The van der Waals surface area contributed by atoms with E-state index in [2.05, 4.69) is 15.9 Å². The summed E-state index contributed by atoms with van der Waals surface area (Å²) in [7, 11) is 0. The molecule has 0 aromatic heterocycles.